The molecule has 2 heterocycles. The Morgan fingerprint density at radius 1 is 1.33 bits per heavy atom. The van der Waals surface area contributed by atoms with Crippen molar-refractivity contribution in [3.8, 4) is 0 Å². The number of aromatic nitrogens is 1. The summed E-state index contributed by atoms with van der Waals surface area (Å²) >= 11 is 12.1. The average molecular weight is 243 g/mol. The first-order valence-electron chi connectivity index (χ1n) is 2.57. The Labute approximate surface area is 84.9 Å². The van der Waals surface area contributed by atoms with Crippen LogP contribution in [-0.4, -0.2) is 14.5 Å². The zero-order valence-corrected chi connectivity index (χ0v) is 8.60. The van der Waals surface area contributed by atoms with Crippen LogP contribution in [0.5, 0.6) is 0 Å². The zero-order valence-electron chi connectivity index (χ0n) is 5.25. The molecule has 0 N–H and O–H groups in total. The molecule has 2 rings (SSSR count). The van der Waals surface area contributed by atoms with Crippen molar-refractivity contribution in [3.05, 3.63) is 4.90 Å². The Kier molecular flexibility index (Phi) is 2.02. The van der Waals surface area contributed by atoms with Gasteiger partial charge in [0.25, 0.3) is 0 Å². The normalized spacial score (nSPS) is 16.6. The molecule has 0 spiro atoms. The number of thiol groups is 1. The van der Waals surface area contributed by atoms with Gasteiger partial charge in [-0.15, -0.1) is 12.6 Å². The fourth-order valence-corrected chi connectivity index (χ4v) is 1.90. The molecule has 1 aromatic rings. The summed E-state index contributed by atoms with van der Waals surface area (Å²) in [5.41, 5.74) is 0. The van der Waals surface area contributed by atoms with Crippen LogP contribution in [0.15, 0.2) is 9.05 Å². The monoisotopic (exact) mass is 243 g/mol. The maximum atomic E-state index is 4.87. The van der Waals surface area contributed by atoms with Gasteiger partial charge in [0, 0.05) is 24.4 Å². The van der Waals surface area contributed by atoms with Crippen LogP contribution in [0.1, 0.15) is 0 Å². The molecule has 1 aliphatic heterocycles. The molecular weight excluding hydrogens is 242 g/mol. The van der Waals surface area contributed by atoms with Gasteiger partial charge in [-0.1, -0.05) is 0 Å². The van der Waals surface area contributed by atoms with E-state index in [1.54, 1.807) is 0 Å². The molecule has 1 fully saturated rings. The predicted octanol–water partition coefficient (Wildman–Crippen LogP) is 1.70. The maximum absolute atomic E-state index is 4.87. The van der Waals surface area contributed by atoms with E-state index >= 15 is 0 Å². The number of rotatable bonds is 0. The van der Waals surface area contributed by atoms with Gasteiger partial charge in [-0.05, 0) is 4.91 Å². The second-order valence-electron chi connectivity index (χ2n) is 1.62. The summed E-state index contributed by atoms with van der Waals surface area (Å²) in [5.74, 6) is 0. The van der Waals surface area contributed by atoms with Gasteiger partial charge >= 0.3 is 10.1 Å². The van der Waals surface area contributed by atoms with E-state index in [9.17, 15) is 0 Å². The lowest BCUT2D eigenvalue weighted by molar-refractivity contribution is -0.00482. The number of thiocarbonyl (C=S) groups is 1. The van der Waals surface area contributed by atoms with E-state index in [0.717, 1.165) is 4.91 Å². The summed E-state index contributed by atoms with van der Waals surface area (Å²) < 4.78 is 19.5. The third kappa shape index (κ3) is 1.32. The fraction of sp³-hybridized carbons (Fsp3) is 0. The minimum Gasteiger partial charge on any atom is -0.351 e. The van der Waals surface area contributed by atoms with Crippen LogP contribution >= 0.6 is 48.1 Å². The van der Waals surface area contributed by atoms with Gasteiger partial charge in [0.1, 0.15) is 0 Å². The molecule has 1 aliphatic rings. The van der Waals surface area contributed by atoms with Crippen molar-refractivity contribution in [1.29, 1.82) is 0 Å². The highest BCUT2D eigenvalue weighted by Crippen LogP contribution is 2.32. The van der Waals surface area contributed by atoms with E-state index in [-0.39, 0.29) is 10.1 Å². The maximum Gasteiger partial charge on any atom is 0.409 e. The molecule has 1 saturated heterocycles. The molecule has 0 atom stereocenters. The molecule has 0 radical (unpaired) electrons. The fourth-order valence-electron chi connectivity index (χ4n) is 0.486. The topological polar surface area (TPSA) is 49.7 Å². The third-order valence-electron chi connectivity index (χ3n) is 0.908. The van der Waals surface area contributed by atoms with Crippen molar-refractivity contribution < 1.29 is 17.4 Å². The molecule has 0 aliphatic carbocycles. The Hall–Kier alpha value is -0.250. The summed E-state index contributed by atoms with van der Waals surface area (Å²) in [5, 5.41) is 0.0907. The van der Waals surface area contributed by atoms with Crippen LogP contribution in [0.25, 0.3) is 0 Å². The summed E-state index contributed by atoms with van der Waals surface area (Å²) in [6.07, 6.45) is 0. The van der Waals surface area contributed by atoms with Crippen LogP contribution in [0.4, 0.5) is 0 Å². The SMILES string of the molecule is S=C1OS(=C(S)n2oc(=S)o2)O1. The van der Waals surface area contributed by atoms with E-state index < -0.39 is 11.0 Å². The van der Waals surface area contributed by atoms with Crippen LogP contribution in [0.2, 0.25) is 0 Å². The van der Waals surface area contributed by atoms with Gasteiger partial charge in [0.2, 0.25) is 15.4 Å². The summed E-state index contributed by atoms with van der Waals surface area (Å²) in [4.78, 5) is 1.03. The molecule has 5 nitrogen and oxygen atoms in total. The van der Waals surface area contributed by atoms with Crippen LogP contribution in [0.3, 0.4) is 0 Å². The van der Waals surface area contributed by atoms with Crippen molar-refractivity contribution >= 4 is 57.7 Å². The lowest BCUT2D eigenvalue weighted by Crippen LogP contribution is -2.19. The van der Waals surface area contributed by atoms with Crippen LogP contribution in [0, 0.1) is 4.90 Å². The van der Waals surface area contributed by atoms with E-state index in [2.05, 4.69) is 37.1 Å². The van der Waals surface area contributed by atoms with Crippen molar-refractivity contribution in [1.82, 2.24) is 4.91 Å². The van der Waals surface area contributed by atoms with Crippen LogP contribution in [-0.2, 0) is 8.37 Å². The van der Waals surface area contributed by atoms with Gasteiger partial charge in [-0.25, -0.2) is 0 Å². The van der Waals surface area contributed by atoms with Gasteiger partial charge < -0.3 is 8.37 Å². The van der Waals surface area contributed by atoms with E-state index in [1.165, 1.54) is 0 Å². The van der Waals surface area contributed by atoms with Crippen molar-refractivity contribution in [2.75, 3.05) is 0 Å². The van der Waals surface area contributed by atoms with E-state index in [0.29, 0.717) is 4.32 Å². The highest BCUT2D eigenvalue weighted by atomic mass is 32.2. The first kappa shape index (κ1) is 8.35. The van der Waals surface area contributed by atoms with E-state index in [4.69, 9.17) is 17.4 Å². The first-order valence-corrected chi connectivity index (χ1v) is 4.91. The molecule has 12 heavy (non-hydrogen) atoms. The molecular formula is C3HNO4S4. The standard InChI is InChI=1S/C3HNO4S4/c9-1(4-5-2(10)6-4)12-7-3(11)8-12/h9H. The molecule has 0 amide bonds. The second-order valence-corrected chi connectivity index (χ2v) is 4.21. The number of hydrogen-bond donors (Lipinski definition) is 1. The second kappa shape index (κ2) is 2.91. The Morgan fingerprint density at radius 3 is 2.33 bits per heavy atom. The van der Waals surface area contributed by atoms with Gasteiger partial charge in [0.05, 0.1) is 0 Å². The highest BCUT2D eigenvalue weighted by Gasteiger charge is 2.25. The van der Waals surface area contributed by atoms with Crippen molar-refractivity contribution in [2.24, 2.45) is 0 Å². The summed E-state index contributed by atoms with van der Waals surface area (Å²) in [6, 6.07) is 0. The minimum atomic E-state index is -0.909. The number of nitrogens with zero attached hydrogens (tertiary/aromatic N) is 1. The summed E-state index contributed by atoms with van der Waals surface area (Å²) in [7, 11) is 0. The Morgan fingerprint density at radius 2 is 1.92 bits per heavy atom. The number of hydrogen-bond acceptors (Lipinski definition) is 6. The first-order chi connectivity index (χ1) is 5.66. The third-order valence-corrected chi connectivity index (χ3v) is 3.10. The summed E-state index contributed by atoms with van der Waals surface area (Å²) in [6.45, 7) is 0. The molecule has 0 aromatic carbocycles. The Bertz CT molecular complexity index is 385. The van der Waals surface area contributed by atoms with E-state index in [1.807, 2.05) is 0 Å². The highest BCUT2D eigenvalue weighted by molar-refractivity contribution is 8.24. The molecule has 0 saturated carbocycles. The minimum absolute atomic E-state index is 0.0354. The predicted molar refractivity (Wildman–Crippen MR) is 51.5 cm³/mol. The quantitative estimate of drug-likeness (QED) is 0.553. The molecule has 1 aromatic heterocycles. The average Bonchev–Trinajstić information content (AvgIpc) is 1.91. The molecule has 0 unspecified atom stereocenters. The molecule has 66 valence electrons. The molecule has 0 bridgehead atoms. The van der Waals surface area contributed by atoms with Gasteiger partial charge in [-0.2, -0.15) is 0 Å². The van der Waals surface area contributed by atoms with Crippen molar-refractivity contribution in [2.45, 2.75) is 0 Å². The Balaban J connectivity index is 2.22. The molecule has 9 heteroatoms. The van der Waals surface area contributed by atoms with Gasteiger partial charge in [0.15, 0.2) is 0 Å². The lowest BCUT2D eigenvalue weighted by atomic mass is 11.4. The van der Waals surface area contributed by atoms with Gasteiger partial charge in [-0.3, -0.25) is 9.05 Å². The largest absolute Gasteiger partial charge is 0.409 e. The smallest absolute Gasteiger partial charge is 0.351 e. The van der Waals surface area contributed by atoms with Crippen LogP contribution < -0.4 is 0 Å². The lowest BCUT2D eigenvalue weighted by Gasteiger charge is -2.20. The zero-order chi connectivity index (χ0) is 8.72. The van der Waals surface area contributed by atoms with Crippen molar-refractivity contribution in [3.63, 3.8) is 0 Å².